The van der Waals surface area contributed by atoms with Crippen LogP contribution in [0.5, 0.6) is 0 Å². The first-order valence-corrected chi connectivity index (χ1v) is 5.00. The molecule has 0 aromatic rings. The summed E-state index contributed by atoms with van der Waals surface area (Å²) in [6, 6.07) is 0. The number of hydrogen-bond acceptors (Lipinski definition) is 2. The zero-order chi connectivity index (χ0) is 8.97. The van der Waals surface area contributed by atoms with E-state index in [1.807, 2.05) is 0 Å². The highest BCUT2D eigenvalue weighted by Crippen LogP contribution is 2.26. The average molecular weight is 172 g/mol. The largest absolute Gasteiger partial charge is 0.396 e. The van der Waals surface area contributed by atoms with Crippen LogP contribution in [0.4, 0.5) is 0 Å². The van der Waals surface area contributed by atoms with Crippen LogP contribution in [0.15, 0.2) is 0 Å². The molecule has 0 spiro atoms. The molecule has 0 radical (unpaired) electrons. The Labute approximate surface area is 74.9 Å². The minimum absolute atomic E-state index is 0.295. The molecule has 0 aromatic carbocycles. The summed E-state index contributed by atoms with van der Waals surface area (Å²) < 4.78 is 5.79. The van der Waals surface area contributed by atoms with Gasteiger partial charge in [0.1, 0.15) is 0 Å². The van der Waals surface area contributed by atoms with Crippen molar-refractivity contribution in [1.82, 2.24) is 0 Å². The zero-order valence-corrected chi connectivity index (χ0v) is 8.12. The summed E-state index contributed by atoms with van der Waals surface area (Å²) in [4.78, 5) is 0. The normalized spacial score (nSPS) is 36.8. The van der Waals surface area contributed by atoms with Crippen molar-refractivity contribution in [2.45, 2.75) is 51.7 Å². The summed E-state index contributed by atoms with van der Waals surface area (Å²) in [6.45, 7) is 4.69. The number of hydrogen-bond donors (Lipinski definition) is 1. The molecule has 1 aliphatic rings. The van der Waals surface area contributed by atoms with Gasteiger partial charge in [-0.1, -0.05) is 6.92 Å². The monoisotopic (exact) mass is 172 g/mol. The zero-order valence-electron chi connectivity index (χ0n) is 8.12. The molecule has 12 heavy (non-hydrogen) atoms. The van der Waals surface area contributed by atoms with Crippen LogP contribution in [-0.2, 0) is 4.74 Å². The average Bonchev–Trinajstić information content (AvgIpc) is 2.07. The Morgan fingerprint density at radius 2 is 2.08 bits per heavy atom. The summed E-state index contributed by atoms with van der Waals surface area (Å²) in [5.74, 6) is 0.704. The molecule has 0 amide bonds. The maximum Gasteiger partial charge on any atom is 0.0579 e. The lowest BCUT2D eigenvalue weighted by molar-refractivity contribution is -0.0732. The van der Waals surface area contributed by atoms with Gasteiger partial charge in [-0.05, 0) is 38.5 Å². The van der Waals surface area contributed by atoms with Gasteiger partial charge in [-0.25, -0.2) is 0 Å². The Balaban J connectivity index is 2.21. The molecule has 1 rings (SSSR count). The number of aliphatic hydroxyl groups is 1. The third-order valence-electron chi connectivity index (χ3n) is 2.84. The predicted octanol–water partition coefficient (Wildman–Crippen LogP) is 1.96. The number of ether oxygens (including phenoxy) is 1. The summed E-state index contributed by atoms with van der Waals surface area (Å²) in [6.07, 6.45) is 5.16. The molecule has 3 atom stereocenters. The molecule has 2 nitrogen and oxygen atoms in total. The van der Waals surface area contributed by atoms with Gasteiger partial charge in [0, 0.05) is 6.61 Å². The van der Waals surface area contributed by atoms with Crippen molar-refractivity contribution in [3.63, 3.8) is 0 Å². The van der Waals surface area contributed by atoms with Crippen molar-refractivity contribution in [2.75, 3.05) is 6.61 Å². The highest BCUT2D eigenvalue weighted by Gasteiger charge is 2.24. The van der Waals surface area contributed by atoms with Crippen molar-refractivity contribution >= 4 is 0 Å². The first kappa shape index (κ1) is 10.0. The Kier molecular flexibility index (Phi) is 4.02. The lowest BCUT2D eigenvalue weighted by atomic mass is 9.93. The summed E-state index contributed by atoms with van der Waals surface area (Å²) in [5.41, 5.74) is 0. The Bertz CT molecular complexity index is 123. The Morgan fingerprint density at radius 3 is 2.67 bits per heavy atom. The van der Waals surface area contributed by atoms with E-state index in [1.165, 1.54) is 12.8 Å². The van der Waals surface area contributed by atoms with Crippen LogP contribution >= 0.6 is 0 Å². The molecule has 72 valence electrons. The summed E-state index contributed by atoms with van der Waals surface area (Å²) in [7, 11) is 0. The number of rotatable bonds is 3. The van der Waals surface area contributed by atoms with Crippen LogP contribution in [0.1, 0.15) is 39.5 Å². The molecule has 0 aromatic heterocycles. The molecule has 0 bridgehead atoms. The van der Waals surface area contributed by atoms with E-state index in [9.17, 15) is 0 Å². The molecule has 3 unspecified atom stereocenters. The quantitative estimate of drug-likeness (QED) is 0.705. The molecule has 0 saturated carbocycles. The topological polar surface area (TPSA) is 29.5 Å². The van der Waals surface area contributed by atoms with E-state index in [-0.39, 0.29) is 0 Å². The van der Waals surface area contributed by atoms with Crippen LogP contribution in [-0.4, -0.2) is 23.9 Å². The molecule has 1 aliphatic heterocycles. The minimum atomic E-state index is 0.295. The lowest BCUT2D eigenvalue weighted by Crippen LogP contribution is -2.31. The van der Waals surface area contributed by atoms with E-state index in [2.05, 4.69) is 13.8 Å². The van der Waals surface area contributed by atoms with Gasteiger partial charge in [-0.15, -0.1) is 0 Å². The maximum absolute atomic E-state index is 8.66. The van der Waals surface area contributed by atoms with Crippen molar-refractivity contribution in [1.29, 1.82) is 0 Å². The fraction of sp³-hybridized carbons (Fsp3) is 1.00. The fourth-order valence-corrected chi connectivity index (χ4v) is 1.72. The maximum atomic E-state index is 8.66. The van der Waals surface area contributed by atoms with Gasteiger partial charge in [0.2, 0.25) is 0 Å². The van der Waals surface area contributed by atoms with E-state index < -0.39 is 0 Å². The Morgan fingerprint density at radius 1 is 1.33 bits per heavy atom. The molecule has 1 N–H and O–H groups in total. The second kappa shape index (κ2) is 4.83. The van der Waals surface area contributed by atoms with Gasteiger partial charge in [-0.3, -0.25) is 0 Å². The van der Waals surface area contributed by atoms with Crippen LogP contribution in [0.2, 0.25) is 0 Å². The van der Waals surface area contributed by atoms with E-state index in [4.69, 9.17) is 9.84 Å². The fourth-order valence-electron chi connectivity index (χ4n) is 1.72. The predicted molar refractivity (Wildman–Crippen MR) is 49.1 cm³/mol. The first-order chi connectivity index (χ1) is 5.74. The highest BCUT2D eigenvalue weighted by molar-refractivity contribution is 4.73. The molecule has 1 fully saturated rings. The third-order valence-corrected chi connectivity index (χ3v) is 2.84. The summed E-state index contributed by atoms with van der Waals surface area (Å²) in [5, 5.41) is 8.66. The van der Waals surface area contributed by atoms with Gasteiger partial charge in [-0.2, -0.15) is 0 Å². The third kappa shape index (κ3) is 2.76. The second-order valence-electron chi connectivity index (χ2n) is 3.88. The highest BCUT2D eigenvalue weighted by atomic mass is 16.5. The van der Waals surface area contributed by atoms with Crippen LogP contribution in [0.25, 0.3) is 0 Å². The molecule has 1 saturated heterocycles. The lowest BCUT2D eigenvalue weighted by Gasteiger charge is -2.32. The van der Waals surface area contributed by atoms with Crippen LogP contribution < -0.4 is 0 Å². The van der Waals surface area contributed by atoms with Crippen molar-refractivity contribution in [3.8, 4) is 0 Å². The van der Waals surface area contributed by atoms with Crippen LogP contribution in [0, 0.1) is 5.92 Å². The molecule has 2 heteroatoms. The van der Waals surface area contributed by atoms with E-state index in [0.717, 1.165) is 12.8 Å². The van der Waals surface area contributed by atoms with Crippen molar-refractivity contribution in [2.24, 2.45) is 5.92 Å². The molecular weight excluding hydrogens is 152 g/mol. The number of aliphatic hydroxyl groups excluding tert-OH is 1. The molecule has 0 aliphatic carbocycles. The molecule has 1 heterocycles. The van der Waals surface area contributed by atoms with E-state index in [0.29, 0.717) is 24.7 Å². The van der Waals surface area contributed by atoms with Gasteiger partial charge >= 0.3 is 0 Å². The van der Waals surface area contributed by atoms with Crippen molar-refractivity contribution < 1.29 is 9.84 Å². The standard InChI is InChI=1S/C10H20O2/c1-8-5-6-10(4-3-7-11)12-9(8)2/h8-11H,3-7H2,1-2H3. The van der Waals surface area contributed by atoms with Gasteiger partial charge in [0.15, 0.2) is 0 Å². The van der Waals surface area contributed by atoms with Crippen molar-refractivity contribution in [3.05, 3.63) is 0 Å². The minimum Gasteiger partial charge on any atom is -0.396 e. The molecular formula is C10H20O2. The van der Waals surface area contributed by atoms with E-state index in [1.54, 1.807) is 0 Å². The first-order valence-electron chi connectivity index (χ1n) is 5.00. The van der Waals surface area contributed by atoms with Crippen LogP contribution in [0.3, 0.4) is 0 Å². The smallest absolute Gasteiger partial charge is 0.0579 e. The second-order valence-corrected chi connectivity index (χ2v) is 3.88. The SMILES string of the molecule is CC1CCC(CCCO)OC1C. The van der Waals surface area contributed by atoms with E-state index >= 15 is 0 Å². The van der Waals surface area contributed by atoms with Gasteiger partial charge in [0.05, 0.1) is 12.2 Å². The Hall–Kier alpha value is -0.0800. The van der Waals surface area contributed by atoms with Gasteiger partial charge in [0.25, 0.3) is 0 Å². The van der Waals surface area contributed by atoms with Gasteiger partial charge < -0.3 is 9.84 Å². The summed E-state index contributed by atoms with van der Waals surface area (Å²) >= 11 is 0.